The summed E-state index contributed by atoms with van der Waals surface area (Å²) in [5.74, 6) is 0. The second-order valence-electron chi connectivity index (χ2n) is 2.29. The van der Waals surface area contributed by atoms with Gasteiger partial charge >= 0.3 is 0 Å². The van der Waals surface area contributed by atoms with Crippen LogP contribution in [0.5, 0.6) is 0 Å². The SMILES string of the molecule is CCn1cnc2cnncc21. The Morgan fingerprint density at radius 1 is 1.36 bits per heavy atom. The van der Waals surface area contributed by atoms with Crippen LogP contribution in [0, 0.1) is 0 Å². The second-order valence-corrected chi connectivity index (χ2v) is 2.29. The number of aryl methyl sites for hydroxylation is 1. The van der Waals surface area contributed by atoms with Gasteiger partial charge in [0.05, 0.1) is 24.2 Å². The Labute approximate surface area is 63.9 Å². The van der Waals surface area contributed by atoms with Crippen molar-refractivity contribution in [3.63, 3.8) is 0 Å². The van der Waals surface area contributed by atoms with Crippen molar-refractivity contribution in [2.75, 3.05) is 0 Å². The normalized spacial score (nSPS) is 10.6. The van der Waals surface area contributed by atoms with E-state index in [-0.39, 0.29) is 0 Å². The van der Waals surface area contributed by atoms with E-state index in [9.17, 15) is 0 Å². The van der Waals surface area contributed by atoms with Crippen molar-refractivity contribution in [1.29, 1.82) is 0 Å². The summed E-state index contributed by atoms with van der Waals surface area (Å²) in [5, 5.41) is 7.52. The maximum atomic E-state index is 4.15. The van der Waals surface area contributed by atoms with Gasteiger partial charge in [0.2, 0.25) is 0 Å². The molecule has 2 heterocycles. The summed E-state index contributed by atoms with van der Waals surface area (Å²) in [6.07, 6.45) is 5.20. The molecule has 0 atom stereocenters. The summed E-state index contributed by atoms with van der Waals surface area (Å²) >= 11 is 0. The molecule has 0 amide bonds. The Bertz CT molecular complexity index is 365. The largest absolute Gasteiger partial charge is 0.330 e. The van der Waals surface area contributed by atoms with Gasteiger partial charge in [-0.1, -0.05) is 0 Å². The summed E-state index contributed by atoms with van der Waals surface area (Å²) < 4.78 is 2.03. The van der Waals surface area contributed by atoms with Crippen LogP contribution in [0.4, 0.5) is 0 Å². The predicted octanol–water partition coefficient (Wildman–Crippen LogP) is 0.846. The van der Waals surface area contributed by atoms with Gasteiger partial charge in [-0.3, -0.25) is 0 Å². The first-order valence-electron chi connectivity index (χ1n) is 3.53. The minimum absolute atomic E-state index is 0.904. The standard InChI is InChI=1S/C7H8N4/c1-2-11-5-8-6-3-9-10-4-7(6)11/h3-5H,2H2,1H3. The highest BCUT2D eigenvalue weighted by molar-refractivity contribution is 5.72. The number of nitrogens with zero attached hydrogens (tertiary/aromatic N) is 4. The average Bonchev–Trinajstić information content (AvgIpc) is 2.47. The molecule has 0 aliphatic heterocycles. The van der Waals surface area contributed by atoms with Gasteiger partial charge in [0.1, 0.15) is 5.52 Å². The molecule has 0 bridgehead atoms. The van der Waals surface area contributed by atoms with Gasteiger partial charge in [-0.15, -0.1) is 0 Å². The Morgan fingerprint density at radius 3 is 3.00 bits per heavy atom. The zero-order valence-corrected chi connectivity index (χ0v) is 6.23. The minimum Gasteiger partial charge on any atom is -0.330 e. The number of hydrogen-bond acceptors (Lipinski definition) is 3. The fourth-order valence-corrected chi connectivity index (χ4v) is 1.08. The van der Waals surface area contributed by atoms with Gasteiger partial charge in [-0.05, 0) is 6.92 Å². The van der Waals surface area contributed by atoms with E-state index in [2.05, 4.69) is 22.1 Å². The highest BCUT2D eigenvalue weighted by atomic mass is 15.1. The van der Waals surface area contributed by atoms with E-state index in [1.807, 2.05) is 4.57 Å². The van der Waals surface area contributed by atoms with Crippen LogP contribution >= 0.6 is 0 Å². The molecule has 56 valence electrons. The van der Waals surface area contributed by atoms with E-state index in [1.165, 1.54) is 0 Å². The molecular formula is C7H8N4. The zero-order chi connectivity index (χ0) is 7.68. The first-order valence-corrected chi connectivity index (χ1v) is 3.53. The van der Waals surface area contributed by atoms with E-state index in [1.54, 1.807) is 18.7 Å². The first kappa shape index (κ1) is 6.27. The lowest BCUT2D eigenvalue weighted by Crippen LogP contribution is -1.91. The highest BCUT2D eigenvalue weighted by Gasteiger charge is 1.98. The fourth-order valence-electron chi connectivity index (χ4n) is 1.08. The Morgan fingerprint density at radius 2 is 2.18 bits per heavy atom. The zero-order valence-electron chi connectivity index (χ0n) is 6.23. The van der Waals surface area contributed by atoms with Crippen LogP contribution in [0.1, 0.15) is 6.92 Å². The van der Waals surface area contributed by atoms with Crippen molar-refractivity contribution in [2.24, 2.45) is 0 Å². The molecule has 0 aromatic carbocycles. The average molecular weight is 148 g/mol. The predicted molar refractivity (Wildman–Crippen MR) is 41.0 cm³/mol. The quantitative estimate of drug-likeness (QED) is 0.602. The van der Waals surface area contributed by atoms with Crippen molar-refractivity contribution in [1.82, 2.24) is 19.7 Å². The third kappa shape index (κ3) is 0.869. The van der Waals surface area contributed by atoms with Crippen LogP contribution in [-0.2, 0) is 6.54 Å². The van der Waals surface area contributed by atoms with Gasteiger partial charge in [0, 0.05) is 6.54 Å². The monoisotopic (exact) mass is 148 g/mol. The van der Waals surface area contributed by atoms with Crippen molar-refractivity contribution >= 4 is 11.0 Å². The molecule has 0 saturated carbocycles. The third-order valence-corrected chi connectivity index (χ3v) is 1.68. The van der Waals surface area contributed by atoms with Gasteiger partial charge in [0.15, 0.2) is 0 Å². The molecule has 4 nitrogen and oxygen atoms in total. The van der Waals surface area contributed by atoms with Gasteiger partial charge in [-0.2, -0.15) is 10.2 Å². The Kier molecular flexibility index (Phi) is 1.31. The van der Waals surface area contributed by atoms with E-state index in [4.69, 9.17) is 0 Å². The van der Waals surface area contributed by atoms with Crippen LogP contribution in [0.25, 0.3) is 11.0 Å². The van der Waals surface area contributed by atoms with Crippen LogP contribution < -0.4 is 0 Å². The molecular weight excluding hydrogens is 140 g/mol. The molecule has 2 aromatic heterocycles. The van der Waals surface area contributed by atoms with Crippen molar-refractivity contribution < 1.29 is 0 Å². The molecule has 0 aliphatic rings. The molecule has 2 aromatic rings. The van der Waals surface area contributed by atoms with Crippen LogP contribution in [0.15, 0.2) is 18.7 Å². The lowest BCUT2D eigenvalue weighted by Gasteiger charge is -1.94. The summed E-state index contributed by atoms with van der Waals surface area (Å²) in [7, 11) is 0. The molecule has 0 N–H and O–H groups in total. The molecule has 0 aliphatic carbocycles. The molecule has 0 unspecified atom stereocenters. The minimum atomic E-state index is 0.904. The molecule has 11 heavy (non-hydrogen) atoms. The van der Waals surface area contributed by atoms with E-state index in [0.29, 0.717) is 0 Å². The molecule has 0 saturated heterocycles. The second kappa shape index (κ2) is 2.30. The Hall–Kier alpha value is -1.45. The molecule has 2 rings (SSSR count). The van der Waals surface area contributed by atoms with E-state index < -0.39 is 0 Å². The summed E-state index contributed by atoms with van der Waals surface area (Å²) in [6.45, 7) is 2.99. The topological polar surface area (TPSA) is 43.6 Å². The highest BCUT2D eigenvalue weighted by Crippen LogP contribution is 2.07. The number of hydrogen-bond donors (Lipinski definition) is 0. The van der Waals surface area contributed by atoms with E-state index >= 15 is 0 Å². The van der Waals surface area contributed by atoms with Gasteiger partial charge < -0.3 is 4.57 Å². The van der Waals surface area contributed by atoms with Gasteiger partial charge in [-0.25, -0.2) is 4.98 Å². The van der Waals surface area contributed by atoms with Crippen LogP contribution in [0.2, 0.25) is 0 Å². The number of aromatic nitrogens is 4. The smallest absolute Gasteiger partial charge is 0.110 e. The molecule has 0 radical (unpaired) electrons. The number of fused-ring (bicyclic) bond motifs is 1. The van der Waals surface area contributed by atoms with Crippen molar-refractivity contribution in [3.8, 4) is 0 Å². The first-order chi connectivity index (χ1) is 5.42. The van der Waals surface area contributed by atoms with Crippen LogP contribution in [0.3, 0.4) is 0 Å². The third-order valence-electron chi connectivity index (χ3n) is 1.68. The number of rotatable bonds is 1. The molecule has 4 heteroatoms. The number of imidazole rings is 1. The van der Waals surface area contributed by atoms with Crippen molar-refractivity contribution in [3.05, 3.63) is 18.7 Å². The Balaban J connectivity index is 2.76. The van der Waals surface area contributed by atoms with Crippen molar-refractivity contribution in [2.45, 2.75) is 13.5 Å². The summed E-state index contributed by atoms with van der Waals surface area (Å²) in [6, 6.07) is 0. The summed E-state index contributed by atoms with van der Waals surface area (Å²) in [5.41, 5.74) is 1.95. The lowest BCUT2D eigenvalue weighted by molar-refractivity contribution is 0.784. The lowest BCUT2D eigenvalue weighted by atomic mass is 10.5. The molecule has 0 fully saturated rings. The molecule has 0 spiro atoms. The summed E-state index contributed by atoms with van der Waals surface area (Å²) in [4.78, 5) is 4.15. The van der Waals surface area contributed by atoms with Gasteiger partial charge in [0.25, 0.3) is 0 Å². The maximum absolute atomic E-state index is 4.15. The van der Waals surface area contributed by atoms with Crippen LogP contribution in [-0.4, -0.2) is 19.7 Å². The maximum Gasteiger partial charge on any atom is 0.110 e. The van der Waals surface area contributed by atoms with E-state index in [0.717, 1.165) is 17.6 Å². The fraction of sp³-hybridized carbons (Fsp3) is 0.286.